The fourth-order valence-corrected chi connectivity index (χ4v) is 1.58. The van der Waals surface area contributed by atoms with Gasteiger partial charge in [0.15, 0.2) is 0 Å². The lowest BCUT2D eigenvalue weighted by molar-refractivity contribution is 0.0694. The van der Waals surface area contributed by atoms with E-state index in [0.29, 0.717) is 18.8 Å². The molecule has 0 aromatic carbocycles. The minimum absolute atomic E-state index is 0.108. The number of methoxy groups -OCH3 is 1. The number of carboxylic acid groups (broad SMARTS) is 1. The molecule has 0 saturated heterocycles. The molecule has 1 aromatic rings. The molecule has 0 aliphatic carbocycles. The minimum Gasteiger partial charge on any atom is -0.478 e. The number of hydrogen-bond acceptors (Lipinski definition) is 4. The molecule has 1 rings (SSSR count). The lowest BCUT2D eigenvalue weighted by atomic mass is 10.2. The molecule has 0 bridgehead atoms. The van der Waals surface area contributed by atoms with Gasteiger partial charge in [0.05, 0.1) is 11.3 Å². The summed E-state index contributed by atoms with van der Waals surface area (Å²) in [5.74, 6) is -1.34. The summed E-state index contributed by atoms with van der Waals surface area (Å²) in [6.45, 7) is 2.78. The molecule has 104 valence electrons. The van der Waals surface area contributed by atoms with Crippen LogP contribution in [0.25, 0.3) is 0 Å². The average Bonchev–Trinajstić information content (AvgIpc) is 2.37. The van der Waals surface area contributed by atoms with Gasteiger partial charge in [0.1, 0.15) is 5.69 Å². The van der Waals surface area contributed by atoms with Gasteiger partial charge in [0.25, 0.3) is 5.91 Å². The Balaban J connectivity index is 2.53. The molecule has 0 saturated carbocycles. The number of nitrogens with one attached hydrogen (secondary N) is 1. The second-order valence-electron chi connectivity index (χ2n) is 4.09. The second kappa shape index (κ2) is 7.48. The number of amides is 1. The van der Waals surface area contributed by atoms with Crippen LogP contribution in [0.1, 0.15) is 39.4 Å². The Labute approximate surface area is 111 Å². The summed E-state index contributed by atoms with van der Waals surface area (Å²) in [5.41, 5.74) is 0.672. The van der Waals surface area contributed by atoms with E-state index < -0.39 is 5.97 Å². The smallest absolute Gasteiger partial charge is 0.337 e. The molecule has 1 amide bonds. The van der Waals surface area contributed by atoms with Crippen LogP contribution < -0.4 is 5.32 Å². The Bertz CT molecular complexity index is 460. The largest absolute Gasteiger partial charge is 0.478 e. The molecule has 1 aromatic heterocycles. The van der Waals surface area contributed by atoms with E-state index in [9.17, 15) is 9.59 Å². The van der Waals surface area contributed by atoms with E-state index in [4.69, 9.17) is 9.84 Å². The zero-order valence-electron chi connectivity index (χ0n) is 11.1. The summed E-state index contributed by atoms with van der Waals surface area (Å²) in [6, 6.07) is 2.81. The average molecular weight is 266 g/mol. The number of rotatable bonds is 7. The summed E-state index contributed by atoms with van der Waals surface area (Å²) >= 11 is 0. The highest BCUT2D eigenvalue weighted by molar-refractivity contribution is 5.94. The van der Waals surface area contributed by atoms with Crippen LogP contribution in [0.2, 0.25) is 0 Å². The molecule has 19 heavy (non-hydrogen) atoms. The van der Waals surface area contributed by atoms with Crippen LogP contribution >= 0.6 is 0 Å². The van der Waals surface area contributed by atoms with Crippen LogP contribution in [0.3, 0.4) is 0 Å². The predicted molar refractivity (Wildman–Crippen MR) is 69.4 cm³/mol. The van der Waals surface area contributed by atoms with E-state index in [1.807, 2.05) is 0 Å². The van der Waals surface area contributed by atoms with E-state index >= 15 is 0 Å². The molecule has 0 aliphatic heterocycles. The number of unbranched alkanes of at least 4 members (excludes halogenated alkanes) is 1. The normalized spacial score (nSPS) is 10.2. The number of aryl methyl sites for hydroxylation is 1. The first-order valence-electron chi connectivity index (χ1n) is 6.04. The van der Waals surface area contributed by atoms with Gasteiger partial charge in [0, 0.05) is 20.3 Å². The van der Waals surface area contributed by atoms with Crippen molar-refractivity contribution in [2.24, 2.45) is 0 Å². The van der Waals surface area contributed by atoms with Gasteiger partial charge in [-0.05, 0) is 31.9 Å². The van der Waals surface area contributed by atoms with Crippen molar-refractivity contribution in [3.8, 4) is 0 Å². The van der Waals surface area contributed by atoms with Gasteiger partial charge >= 0.3 is 5.97 Å². The first-order chi connectivity index (χ1) is 9.06. The van der Waals surface area contributed by atoms with Crippen molar-refractivity contribution >= 4 is 11.9 Å². The van der Waals surface area contributed by atoms with Crippen molar-refractivity contribution in [1.82, 2.24) is 10.3 Å². The van der Waals surface area contributed by atoms with Crippen LogP contribution in [-0.4, -0.2) is 42.2 Å². The van der Waals surface area contributed by atoms with E-state index in [2.05, 4.69) is 10.3 Å². The summed E-state index contributed by atoms with van der Waals surface area (Å²) < 4.78 is 4.90. The lowest BCUT2D eigenvalue weighted by Gasteiger charge is -2.06. The molecule has 0 radical (unpaired) electrons. The minimum atomic E-state index is -1.04. The molecule has 1 heterocycles. The molecular formula is C13H18N2O4. The molecule has 0 aliphatic rings. The van der Waals surface area contributed by atoms with Crippen molar-refractivity contribution in [2.45, 2.75) is 19.8 Å². The Morgan fingerprint density at radius 3 is 2.68 bits per heavy atom. The summed E-state index contributed by atoms with van der Waals surface area (Å²) in [5, 5.41) is 11.6. The Morgan fingerprint density at radius 1 is 1.37 bits per heavy atom. The second-order valence-corrected chi connectivity index (χ2v) is 4.09. The number of aromatic carboxylic acids is 1. The van der Waals surface area contributed by atoms with Gasteiger partial charge in [-0.1, -0.05) is 0 Å². The van der Waals surface area contributed by atoms with Crippen molar-refractivity contribution in [3.63, 3.8) is 0 Å². The van der Waals surface area contributed by atoms with Crippen LogP contribution in [0.15, 0.2) is 12.1 Å². The first-order valence-corrected chi connectivity index (χ1v) is 6.04. The lowest BCUT2D eigenvalue weighted by Crippen LogP contribution is -2.26. The van der Waals surface area contributed by atoms with E-state index in [-0.39, 0.29) is 17.2 Å². The number of aromatic nitrogens is 1. The quantitative estimate of drug-likeness (QED) is 0.725. The molecule has 6 nitrogen and oxygen atoms in total. The zero-order chi connectivity index (χ0) is 14.3. The predicted octanol–water partition coefficient (Wildman–Crippen LogP) is 1.24. The van der Waals surface area contributed by atoms with Crippen molar-refractivity contribution in [3.05, 3.63) is 29.1 Å². The highest BCUT2D eigenvalue weighted by Gasteiger charge is 2.12. The fourth-order valence-electron chi connectivity index (χ4n) is 1.58. The zero-order valence-corrected chi connectivity index (χ0v) is 11.1. The van der Waals surface area contributed by atoms with Gasteiger partial charge in [-0.3, -0.25) is 4.79 Å². The van der Waals surface area contributed by atoms with Gasteiger partial charge in [-0.2, -0.15) is 0 Å². The molecule has 6 heteroatoms. The van der Waals surface area contributed by atoms with Crippen molar-refractivity contribution in [1.29, 1.82) is 0 Å². The van der Waals surface area contributed by atoms with E-state index in [1.54, 1.807) is 14.0 Å². The number of nitrogens with zero attached hydrogens (tertiary/aromatic N) is 1. The topological polar surface area (TPSA) is 88.5 Å². The summed E-state index contributed by atoms with van der Waals surface area (Å²) in [6.07, 6.45) is 1.70. The number of hydrogen-bond donors (Lipinski definition) is 2. The Kier molecular flexibility index (Phi) is 5.95. The summed E-state index contributed by atoms with van der Waals surface area (Å²) in [4.78, 5) is 26.6. The molecule has 0 spiro atoms. The SMILES string of the molecule is COCCCCNC(=O)c1ccc(C(=O)O)c(C)n1. The standard InChI is InChI=1S/C13H18N2O4/c1-9-10(13(17)18)5-6-11(15-9)12(16)14-7-3-4-8-19-2/h5-6H,3-4,7-8H2,1-2H3,(H,14,16)(H,17,18). The van der Waals surface area contributed by atoms with Crippen LogP contribution in [-0.2, 0) is 4.74 Å². The maximum Gasteiger partial charge on any atom is 0.337 e. The van der Waals surface area contributed by atoms with Crippen LogP contribution in [0.4, 0.5) is 0 Å². The maximum absolute atomic E-state index is 11.8. The third-order valence-corrected chi connectivity index (χ3v) is 2.61. The van der Waals surface area contributed by atoms with E-state index in [0.717, 1.165) is 12.8 Å². The molecular weight excluding hydrogens is 248 g/mol. The Morgan fingerprint density at radius 2 is 2.11 bits per heavy atom. The fraction of sp³-hybridized carbons (Fsp3) is 0.462. The number of pyridine rings is 1. The third kappa shape index (κ3) is 4.67. The summed E-state index contributed by atoms with van der Waals surface area (Å²) in [7, 11) is 1.63. The van der Waals surface area contributed by atoms with Gasteiger partial charge in [-0.15, -0.1) is 0 Å². The number of carboxylic acids is 1. The molecule has 0 unspecified atom stereocenters. The maximum atomic E-state index is 11.8. The van der Waals surface area contributed by atoms with Crippen molar-refractivity contribution in [2.75, 3.05) is 20.3 Å². The monoisotopic (exact) mass is 266 g/mol. The van der Waals surface area contributed by atoms with Crippen LogP contribution in [0.5, 0.6) is 0 Å². The highest BCUT2D eigenvalue weighted by Crippen LogP contribution is 2.07. The third-order valence-electron chi connectivity index (χ3n) is 2.61. The number of carbonyl (C=O) groups is 2. The van der Waals surface area contributed by atoms with Gasteiger partial charge < -0.3 is 15.2 Å². The molecule has 0 atom stereocenters. The van der Waals surface area contributed by atoms with Gasteiger partial charge in [0.2, 0.25) is 0 Å². The highest BCUT2D eigenvalue weighted by atomic mass is 16.5. The van der Waals surface area contributed by atoms with Crippen molar-refractivity contribution < 1.29 is 19.4 Å². The van der Waals surface area contributed by atoms with Crippen LogP contribution in [0, 0.1) is 6.92 Å². The molecule has 0 fully saturated rings. The number of carbonyl (C=O) groups excluding carboxylic acids is 1. The number of ether oxygens (including phenoxy) is 1. The first kappa shape index (κ1) is 15.1. The Hall–Kier alpha value is -1.95. The molecule has 2 N–H and O–H groups in total. The van der Waals surface area contributed by atoms with E-state index in [1.165, 1.54) is 12.1 Å². The van der Waals surface area contributed by atoms with Gasteiger partial charge in [-0.25, -0.2) is 9.78 Å².